The van der Waals surface area contributed by atoms with Crippen molar-refractivity contribution in [1.82, 2.24) is 24.5 Å². The number of ether oxygens (including phenoxy) is 2. The number of para-hydroxylation sites is 1. The van der Waals surface area contributed by atoms with Crippen molar-refractivity contribution in [3.8, 4) is 5.75 Å². The van der Waals surface area contributed by atoms with E-state index in [-0.39, 0.29) is 36.1 Å². The molecular formula is C42H60N6O7. The van der Waals surface area contributed by atoms with E-state index in [1.165, 1.54) is 0 Å². The van der Waals surface area contributed by atoms with Gasteiger partial charge in [-0.15, -0.1) is 0 Å². The van der Waals surface area contributed by atoms with E-state index in [1.54, 1.807) is 4.90 Å². The van der Waals surface area contributed by atoms with Crippen LogP contribution >= 0.6 is 0 Å². The first-order valence-corrected chi connectivity index (χ1v) is 20.4. The van der Waals surface area contributed by atoms with E-state index in [4.69, 9.17) is 9.47 Å². The van der Waals surface area contributed by atoms with Gasteiger partial charge in [0, 0.05) is 76.5 Å². The summed E-state index contributed by atoms with van der Waals surface area (Å²) in [6.07, 6.45) is 5.08. The van der Waals surface area contributed by atoms with Crippen molar-refractivity contribution in [1.29, 1.82) is 0 Å². The molecule has 55 heavy (non-hydrogen) atoms. The number of carbonyl (C=O) groups is 4. The third kappa shape index (κ3) is 10.5. The summed E-state index contributed by atoms with van der Waals surface area (Å²) in [5, 5.41) is 13.4. The highest BCUT2D eigenvalue weighted by Crippen LogP contribution is 2.27. The summed E-state index contributed by atoms with van der Waals surface area (Å²) in [7, 11) is 0. The number of amides is 4. The van der Waals surface area contributed by atoms with Crippen LogP contribution in [0.1, 0.15) is 74.1 Å². The van der Waals surface area contributed by atoms with E-state index >= 15 is 0 Å². The second kappa shape index (κ2) is 19.0. The summed E-state index contributed by atoms with van der Waals surface area (Å²) in [4.78, 5) is 63.3. The summed E-state index contributed by atoms with van der Waals surface area (Å²) in [6, 6.07) is 11.9. The number of hydrogen-bond donors (Lipinski definition) is 2. The minimum atomic E-state index is -1.01. The third-order valence-corrected chi connectivity index (χ3v) is 11.9. The van der Waals surface area contributed by atoms with Crippen LogP contribution in [0.2, 0.25) is 0 Å². The predicted molar refractivity (Wildman–Crippen MR) is 210 cm³/mol. The second-order valence-electron chi connectivity index (χ2n) is 15.7. The number of esters is 1. The highest BCUT2D eigenvalue weighted by Gasteiger charge is 2.36. The van der Waals surface area contributed by atoms with Crippen molar-refractivity contribution >= 4 is 29.7 Å². The molecule has 2 aromatic rings. The fourth-order valence-electron chi connectivity index (χ4n) is 8.52. The number of piperazine rings is 1. The Morgan fingerprint density at radius 3 is 2.24 bits per heavy atom. The minimum Gasteiger partial charge on any atom is -0.507 e. The Labute approximate surface area is 325 Å². The number of rotatable bonds is 12. The van der Waals surface area contributed by atoms with Crippen LogP contribution in [0.5, 0.6) is 5.75 Å². The molecule has 2 N–H and O–H groups in total. The Kier molecular flexibility index (Phi) is 13.9. The van der Waals surface area contributed by atoms with Crippen molar-refractivity contribution in [2.45, 2.75) is 96.7 Å². The molecule has 0 unspecified atom stereocenters. The maximum Gasteiger partial charge on any atom is 0.410 e. The maximum absolute atomic E-state index is 14.2. The molecule has 2 aromatic carbocycles. The van der Waals surface area contributed by atoms with Crippen LogP contribution in [-0.4, -0.2) is 144 Å². The topological polar surface area (TPSA) is 135 Å². The van der Waals surface area contributed by atoms with E-state index < -0.39 is 12.2 Å². The number of likely N-dealkylation sites (tertiary alicyclic amines) is 2. The number of unbranched alkanes of at least 4 members (excludes halogenated alkanes) is 1. The number of piperidine rings is 2. The lowest BCUT2D eigenvalue weighted by atomic mass is 10.00. The number of carbonyl (C=O) groups excluding carboxylic acids is 4. The molecule has 3 fully saturated rings. The number of aromatic hydroxyl groups is 1. The molecule has 3 saturated heterocycles. The van der Waals surface area contributed by atoms with Gasteiger partial charge in [-0.1, -0.05) is 43.7 Å². The van der Waals surface area contributed by atoms with Crippen LogP contribution in [0.15, 0.2) is 36.4 Å². The van der Waals surface area contributed by atoms with E-state index in [2.05, 4.69) is 22.0 Å². The lowest BCUT2D eigenvalue weighted by Gasteiger charge is -2.43. The Bertz CT molecular complexity index is 1620. The number of phenolic OH excluding ortho intramolecular Hbond substituents is 1. The van der Waals surface area contributed by atoms with Crippen molar-refractivity contribution < 1.29 is 33.8 Å². The molecule has 4 amide bonds. The highest BCUT2D eigenvalue weighted by atomic mass is 16.6. The number of hydrogen-bond acceptors (Lipinski definition) is 9. The maximum atomic E-state index is 14.2. The van der Waals surface area contributed by atoms with Crippen molar-refractivity contribution in [3.63, 3.8) is 0 Å². The molecule has 0 aromatic heterocycles. The second-order valence-corrected chi connectivity index (χ2v) is 15.7. The van der Waals surface area contributed by atoms with Gasteiger partial charge in [-0.3, -0.25) is 14.5 Å². The van der Waals surface area contributed by atoms with Crippen molar-refractivity contribution in [3.05, 3.63) is 58.7 Å². The minimum absolute atomic E-state index is 0.00129. The molecule has 300 valence electrons. The summed E-state index contributed by atoms with van der Waals surface area (Å²) in [5.41, 5.74) is 4.21. The van der Waals surface area contributed by atoms with Crippen LogP contribution in [0.3, 0.4) is 0 Å². The monoisotopic (exact) mass is 760 g/mol. The molecule has 0 bridgehead atoms. The van der Waals surface area contributed by atoms with Gasteiger partial charge in [0.05, 0.1) is 13.0 Å². The zero-order valence-electron chi connectivity index (χ0n) is 33.0. The van der Waals surface area contributed by atoms with Gasteiger partial charge in [0.15, 0.2) is 6.10 Å². The predicted octanol–water partition coefficient (Wildman–Crippen LogP) is 4.95. The van der Waals surface area contributed by atoms with Gasteiger partial charge in [0.25, 0.3) is 5.91 Å². The Morgan fingerprint density at radius 2 is 1.55 bits per heavy atom. The van der Waals surface area contributed by atoms with Gasteiger partial charge in [0.1, 0.15) is 5.75 Å². The lowest BCUT2D eigenvalue weighted by molar-refractivity contribution is -0.144. The molecule has 0 radical (unpaired) electrons. The Balaban J connectivity index is 1.01. The van der Waals surface area contributed by atoms with Crippen LogP contribution in [0, 0.1) is 13.8 Å². The zero-order valence-corrected chi connectivity index (χ0v) is 33.0. The zero-order chi connectivity index (χ0) is 38.9. The van der Waals surface area contributed by atoms with E-state index in [0.717, 1.165) is 81.6 Å². The number of urea groups is 1. The number of aryl methyl sites for hydroxylation is 2. The van der Waals surface area contributed by atoms with Crippen LogP contribution < -0.4 is 5.32 Å². The van der Waals surface area contributed by atoms with E-state index in [0.29, 0.717) is 75.8 Å². The first-order chi connectivity index (χ1) is 26.6. The summed E-state index contributed by atoms with van der Waals surface area (Å²) < 4.78 is 11.4. The number of fused-ring (bicyclic) bond motifs is 1. The molecule has 13 heteroatoms. The molecule has 4 heterocycles. The fourth-order valence-corrected chi connectivity index (χ4v) is 8.52. The van der Waals surface area contributed by atoms with Crippen molar-refractivity contribution in [2.24, 2.45) is 0 Å². The third-order valence-electron chi connectivity index (χ3n) is 11.9. The van der Waals surface area contributed by atoms with Crippen LogP contribution in [0.4, 0.5) is 15.3 Å². The Hall–Kier alpha value is -4.36. The number of phenols is 1. The van der Waals surface area contributed by atoms with Crippen LogP contribution in [0.25, 0.3) is 0 Å². The van der Waals surface area contributed by atoms with Crippen LogP contribution in [-0.2, 0) is 31.9 Å². The van der Waals surface area contributed by atoms with E-state index in [9.17, 15) is 24.3 Å². The standard InChI is InChI=1S/C42H60N6O7/c1-4-5-26-54-38(49)15-18-44-16-11-34(12-17-44)45-22-24-46(25-23-45)40(51)37(29-32-27-30(2)39(50)31(3)28-32)55-42(53)47-19-13-35(14-20-47)48-21-10-33-8-6-7-9-36(33)43-41(48)52/h6-9,27-28,34-35,37,50H,4-5,10-26,29H2,1-3H3,(H,43,52)/t37-/m1/s1. The average Bonchev–Trinajstić information content (AvgIpc) is 3.37. The fraction of sp³-hybridized carbons (Fsp3) is 0.619. The Morgan fingerprint density at radius 1 is 0.873 bits per heavy atom. The molecule has 0 aliphatic carbocycles. The number of nitrogens with zero attached hydrogens (tertiary/aromatic N) is 5. The van der Waals surface area contributed by atoms with Crippen molar-refractivity contribution in [2.75, 3.05) is 77.4 Å². The first-order valence-electron chi connectivity index (χ1n) is 20.4. The molecule has 6 rings (SSSR count). The molecule has 13 nitrogen and oxygen atoms in total. The molecule has 4 aliphatic heterocycles. The molecule has 0 saturated carbocycles. The van der Waals surface area contributed by atoms with E-state index in [1.807, 2.05) is 60.0 Å². The number of nitrogens with one attached hydrogen (secondary N) is 1. The SMILES string of the molecule is CCCCOC(=O)CCN1CCC(N2CCN(C(=O)[C@@H](Cc3cc(C)c(O)c(C)c3)OC(=O)N3CCC(N4CCc5ccccc5NC4=O)CC3)CC2)CC1. The first kappa shape index (κ1) is 40.3. The molecular weight excluding hydrogens is 700 g/mol. The van der Waals surface area contributed by atoms with Gasteiger partial charge in [0.2, 0.25) is 0 Å². The van der Waals surface area contributed by atoms with Gasteiger partial charge in [-0.25, -0.2) is 9.59 Å². The molecule has 0 spiro atoms. The summed E-state index contributed by atoms with van der Waals surface area (Å²) >= 11 is 0. The summed E-state index contributed by atoms with van der Waals surface area (Å²) in [6.45, 7) is 12.9. The number of anilines is 1. The van der Waals surface area contributed by atoms with Gasteiger partial charge in [-0.2, -0.15) is 0 Å². The highest BCUT2D eigenvalue weighted by molar-refractivity contribution is 5.91. The average molecular weight is 761 g/mol. The quantitative estimate of drug-likeness (QED) is 0.228. The number of benzene rings is 2. The largest absolute Gasteiger partial charge is 0.507 e. The van der Waals surface area contributed by atoms with Gasteiger partial charge in [-0.05, 0) is 93.8 Å². The smallest absolute Gasteiger partial charge is 0.410 e. The van der Waals surface area contributed by atoms with Gasteiger partial charge < -0.3 is 39.5 Å². The van der Waals surface area contributed by atoms with Gasteiger partial charge >= 0.3 is 18.1 Å². The lowest BCUT2D eigenvalue weighted by Crippen LogP contribution is -2.56. The molecule has 4 aliphatic rings. The summed E-state index contributed by atoms with van der Waals surface area (Å²) in [5.74, 6) is -0.0979. The molecule has 1 atom stereocenters. The normalized spacial score (nSPS) is 19.7.